The van der Waals surface area contributed by atoms with Gasteiger partial charge in [-0.05, 0) is 37.3 Å². The Morgan fingerprint density at radius 1 is 1.50 bits per heavy atom. The minimum Gasteiger partial charge on any atom is -0.481 e. The zero-order valence-electron chi connectivity index (χ0n) is 11.7. The molecule has 2 aromatic rings. The van der Waals surface area contributed by atoms with Crippen molar-refractivity contribution >= 4 is 28.8 Å². The number of thioether (sulfide) groups is 1. The lowest BCUT2D eigenvalue weighted by molar-refractivity contribution is -0.133. The zero-order chi connectivity index (χ0) is 14.3. The molecule has 4 nitrogen and oxygen atoms in total. The standard InChI is InChI=1S/C15H18N2O2S/c1-9-6-11(7-9)17-14-10(2)4-3-5-12(14)16-15(17)20-8-13(18)19/h3-5,9,11H,6-8H2,1-2H3,(H,18,19). The van der Waals surface area contributed by atoms with Gasteiger partial charge in [0, 0.05) is 6.04 Å². The van der Waals surface area contributed by atoms with Crippen LogP contribution in [-0.2, 0) is 4.79 Å². The molecule has 0 radical (unpaired) electrons. The topological polar surface area (TPSA) is 55.1 Å². The molecule has 1 heterocycles. The first-order valence-corrected chi connectivity index (χ1v) is 7.87. The molecular weight excluding hydrogens is 272 g/mol. The van der Waals surface area contributed by atoms with Crippen molar-refractivity contribution in [1.29, 1.82) is 0 Å². The van der Waals surface area contributed by atoms with Crippen LogP contribution in [0.4, 0.5) is 0 Å². The first kappa shape index (κ1) is 13.5. The van der Waals surface area contributed by atoms with Gasteiger partial charge in [0.05, 0.1) is 16.8 Å². The minimum absolute atomic E-state index is 0.0602. The number of carbonyl (C=O) groups is 1. The molecule has 1 N–H and O–H groups in total. The molecule has 1 aliphatic rings. The summed E-state index contributed by atoms with van der Waals surface area (Å²) in [6.07, 6.45) is 2.31. The molecule has 1 aromatic carbocycles. The van der Waals surface area contributed by atoms with Gasteiger partial charge in [-0.25, -0.2) is 4.98 Å². The van der Waals surface area contributed by atoms with Crippen LogP contribution >= 0.6 is 11.8 Å². The van der Waals surface area contributed by atoms with Gasteiger partial charge in [0.1, 0.15) is 0 Å². The van der Waals surface area contributed by atoms with E-state index in [2.05, 4.69) is 29.5 Å². The molecule has 20 heavy (non-hydrogen) atoms. The molecule has 1 aliphatic carbocycles. The van der Waals surface area contributed by atoms with Crippen LogP contribution in [0.25, 0.3) is 11.0 Å². The monoisotopic (exact) mass is 290 g/mol. The first-order chi connectivity index (χ1) is 9.56. The van der Waals surface area contributed by atoms with E-state index in [1.54, 1.807) is 0 Å². The van der Waals surface area contributed by atoms with Gasteiger partial charge in [-0.1, -0.05) is 30.8 Å². The lowest BCUT2D eigenvalue weighted by Gasteiger charge is -2.35. The Morgan fingerprint density at radius 2 is 2.25 bits per heavy atom. The molecule has 1 fully saturated rings. The fraction of sp³-hybridized carbons (Fsp3) is 0.467. The van der Waals surface area contributed by atoms with Crippen molar-refractivity contribution in [2.24, 2.45) is 5.92 Å². The van der Waals surface area contributed by atoms with Gasteiger partial charge in [-0.3, -0.25) is 4.79 Å². The third-order valence-corrected chi connectivity index (χ3v) is 4.86. The van der Waals surface area contributed by atoms with Crippen LogP contribution < -0.4 is 0 Å². The predicted molar refractivity (Wildman–Crippen MR) is 80.3 cm³/mol. The highest BCUT2D eigenvalue weighted by molar-refractivity contribution is 7.99. The van der Waals surface area contributed by atoms with E-state index in [1.807, 2.05) is 12.1 Å². The van der Waals surface area contributed by atoms with Gasteiger partial charge >= 0.3 is 5.97 Å². The van der Waals surface area contributed by atoms with Crippen LogP contribution in [0.15, 0.2) is 23.4 Å². The van der Waals surface area contributed by atoms with Gasteiger partial charge in [-0.15, -0.1) is 0 Å². The maximum Gasteiger partial charge on any atom is 0.313 e. The van der Waals surface area contributed by atoms with Crippen LogP contribution in [0.5, 0.6) is 0 Å². The van der Waals surface area contributed by atoms with Crippen molar-refractivity contribution in [3.05, 3.63) is 23.8 Å². The van der Waals surface area contributed by atoms with E-state index in [0.717, 1.165) is 34.9 Å². The van der Waals surface area contributed by atoms with Crippen LogP contribution in [-0.4, -0.2) is 26.4 Å². The van der Waals surface area contributed by atoms with E-state index in [9.17, 15) is 4.79 Å². The molecule has 0 unspecified atom stereocenters. The summed E-state index contributed by atoms with van der Waals surface area (Å²) < 4.78 is 2.26. The van der Waals surface area contributed by atoms with Crippen LogP contribution in [0.2, 0.25) is 0 Å². The fourth-order valence-corrected chi connectivity index (χ4v) is 3.73. The number of para-hydroxylation sites is 1. The number of hydrogen-bond acceptors (Lipinski definition) is 3. The molecule has 0 saturated heterocycles. The summed E-state index contributed by atoms with van der Waals surface area (Å²) in [6.45, 7) is 4.35. The van der Waals surface area contributed by atoms with Crippen molar-refractivity contribution in [3.8, 4) is 0 Å². The van der Waals surface area contributed by atoms with E-state index < -0.39 is 5.97 Å². The van der Waals surface area contributed by atoms with Crippen molar-refractivity contribution in [2.75, 3.05) is 5.75 Å². The molecule has 0 bridgehead atoms. The largest absolute Gasteiger partial charge is 0.481 e. The van der Waals surface area contributed by atoms with E-state index in [-0.39, 0.29) is 5.75 Å². The Balaban J connectivity index is 2.05. The Labute approximate surface area is 122 Å². The Bertz CT molecular complexity index is 659. The van der Waals surface area contributed by atoms with Gasteiger partial charge in [0.2, 0.25) is 0 Å². The number of benzene rings is 1. The summed E-state index contributed by atoms with van der Waals surface area (Å²) in [7, 11) is 0. The third kappa shape index (κ3) is 2.30. The average molecular weight is 290 g/mol. The van der Waals surface area contributed by atoms with Crippen molar-refractivity contribution in [1.82, 2.24) is 9.55 Å². The minimum atomic E-state index is -0.799. The molecule has 0 amide bonds. The number of carboxylic acid groups (broad SMARTS) is 1. The smallest absolute Gasteiger partial charge is 0.313 e. The highest BCUT2D eigenvalue weighted by Gasteiger charge is 2.30. The highest BCUT2D eigenvalue weighted by atomic mass is 32.2. The van der Waals surface area contributed by atoms with Crippen molar-refractivity contribution in [2.45, 2.75) is 37.9 Å². The van der Waals surface area contributed by atoms with Gasteiger partial charge < -0.3 is 9.67 Å². The van der Waals surface area contributed by atoms with Crippen molar-refractivity contribution in [3.63, 3.8) is 0 Å². The molecule has 3 rings (SSSR count). The van der Waals surface area contributed by atoms with Crippen molar-refractivity contribution < 1.29 is 9.90 Å². The molecule has 5 heteroatoms. The summed E-state index contributed by atoms with van der Waals surface area (Å²) >= 11 is 1.32. The Morgan fingerprint density at radius 3 is 2.90 bits per heavy atom. The Hall–Kier alpha value is -1.49. The molecule has 106 valence electrons. The number of aryl methyl sites for hydroxylation is 1. The van der Waals surface area contributed by atoms with Gasteiger partial charge in [0.15, 0.2) is 5.16 Å². The number of hydrogen-bond donors (Lipinski definition) is 1. The number of carboxylic acids is 1. The average Bonchev–Trinajstić information content (AvgIpc) is 2.72. The number of rotatable bonds is 4. The summed E-state index contributed by atoms with van der Waals surface area (Å²) in [5.41, 5.74) is 3.34. The SMILES string of the molecule is Cc1cccc2nc(SCC(=O)O)n(C3CC(C)C3)c12. The maximum absolute atomic E-state index is 10.8. The van der Waals surface area contributed by atoms with Crippen LogP contribution in [0.3, 0.4) is 0 Å². The number of nitrogens with zero attached hydrogens (tertiary/aromatic N) is 2. The second-order valence-electron chi connectivity index (χ2n) is 5.62. The van der Waals surface area contributed by atoms with Crippen LogP contribution in [0.1, 0.15) is 31.4 Å². The number of aromatic nitrogens is 2. The number of imidazole rings is 1. The summed E-state index contributed by atoms with van der Waals surface area (Å²) in [5.74, 6) is 0.0103. The second kappa shape index (κ2) is 5.13. The van der Waals surface area contributed by atoms with E-state index >= 15 is 0 Å². The normalized spacial score (nSPS) is 21.9. The lowest BCUT2D eigenvalue weighted by atomic mass is 9.81. The fourth-order valence-electron chi connectivity index (χ4n) is 2.94. The predicted octanol–water partition coefficient (Wildman–Crippen LogP) is 3.49. The number of aliphatic carboxylic acids is 1. The second-order valence-corrected chi connectivity index (χ2v) is 6.56. The summed E-state index contributed by atoms with van der Waals surface area (Å²) in [6, 6.07) is 6.57. The molecule has 1 saturated carbocycles. The van der Waals surface area contributed by atoms with Gasteiger partial charge in [0.25, 0.3) is 0 Å². The third-order valence-electron chi connectivity index (χ3n) is 3.92. The molecule has 0 atom stereocenters. The molecule has 1 aromatic heterocycles. The quantitative estimate of drug-likeness (QED) is 0.876. The molecular formula is C15H18N2O2S. The summed E-state index contributed by atoms with van der Waals surface area (Å²) in [5, 5.41) is 9.73. The van der Waals surface area contributed by atoms with E-state index in [0.29, 0.717) is 6.04 Å². The molecule has 0 aliphatic heterocycles. The Kier molecular flexibility index (Phi) is 3.46. The summed E-state index contributed by atoms with van der Waals surface area (Å²) in [4.78, 5) is 15.4. The van der Waals surface area contributed by atoms with Crippen LogP contribution in [0, 0.1) is 12.8 Å². The van der Waals surface area contributed by atoms with E-state index in [4.69, 9.17) is 5.11 Å². The highest BCUT2D eigenvalue weighted by Crippen LogP contribution is 2.42. The van der Waals surface area contributed by atoms with E-state index in [1.165, 1.54) is 17.3 Å². The molecule has 0 spiro atoms. The zero-order valence-corrected chi connectivity index (χ0v) is 12.5. The first-order valence-electron chi connectivity index (χ1n) is 6.88. The lowest BCUT2D eigenvalue weighted by Crippen LogP contribution is -2.25. The number of fused-ring (bicyclic) bond motifs is 1. The van der Waals surface area contributed by atoms with Gasteiger partial charge in [-0.2, -0.15) is 0 Å². The maximum atomic E-state index is 10.8.